The van der Waals surface area contributed by atoms with E-state index in [-0.39, 0.29) is 22.9 Å². The Labute approximate surface area is 114 Å². The Kier molecular flexibility index (Phi) is 2.06. The monoisotopic (exact) mass is 264 g/mol. The molecule has 0 unspecified atom stereocenters. The maximum absolute atomic E-state index is 11.5. The molecule has 2 N–H and O–H groups in total. The lowest BCUT2D eigenvalue weighted by atomic mass is 9.53. The Morgan fingerprint density at radius 2 is 2.11 bits per heavy atom. The van der Waals surface area contributed by atoms with Gasteiger partial charge in [0, 0.05) is 12.5 Å². The molecule has 0 amide bonds. The molecular weight excluding hydrogens is 240 g/mol. The van der Waals surface area contributed by atoms with Crippen LogP contribution < -0.4 is 0 Å². The molecule has 3 heteroatoms. The van der Waals surface area contributed by atoms with Gasteiger partial charge < -0.3 is 14.9 Å². The SMILES string of the molecule is CO[C@H]1C=C(O)[C@@H]2[C@@H]3C[C@H]4CCC[C@]3(C)[C@@]4(C)[C@@]12O. The van der Waals surface area contributed by atoms with Crippen molar-refractivity contribution >= 4 is 0 Å². The lowest BCUT2D eigenvalue weighted by molar-refractivity contribution is -0.194. The molecule has 7 atom stereocenters. The lowest BCUT2D eigenvalue weighted by Crippen LogP contribution is -2.60. The smallest absolute Gasteiger partial charge is 0.111 e. The first-order chi connectivity index (χ1) is 8.91. The van der Waals surface area contributed by atoms with Crippen LogP contribution in [0.4, 0.5) is 0 Å². The second-order valence-corrected chi connectivity index (χ2v) is 7.60. The topological polar surface area (TPSA) is 49.7 Å². The minimum atomic E-state index is -0.908. The van der Waals surface area contributed by atoms with Crippen molar-refractivity contribution in [2.24, 2.45) is 28.6 Å². The van der Waals surface area contributed by atoms with Crippen LogP contribution in [0.3, 0.4) is 0 Å². The Morgan fingerprint density at radius 3 is 2.79 bits per heavy atom. The number of aliphatic hydroxyl groups excluding tert-OH is 1. The summed E-state index contributed by atoms with van der Waals surface area (Å²) in [6.07, 6.45) is 6.21. The number of hydrogen-bond donors (Lipinski definition) is 2. The van der Waals surface area contributed by atoms with Crippen molar-refractivity contribution in [2.45, 2.75) is 51.2 Å². The summed E-state index contributed by atoms with van der Waals surface area (Å²) in [6, 6.07) is 0. The van der Waals surface area contributed by atoms with Gasteiger partial charge >= 0.3 is 0 Å². The summed E-state index contributed by atoms with van der Waals surface area (Å²) in [4.78, 5) is 0. The highest BCUT2D eigenvalue weighted by atomic mass is 16.5. The molecule has 0 radical (unpaired) electrons. The van der Waals surface area contributed by atoms with Gasteiger partial charge in [0.1, 0.15) is 11.7 Å². The average Bonchev–Trinajstić information content (AvgIpc) is 2.73. The Hall–Kier alpha value is -0.540. The molecule has 3 saturated carbocycles. The van der Waals surface area contributed by atoms with E-state index in [1.54, 1.807) is 13.2 Å². The van der Waals surface area contributed by atoms with Crippen LogP contribution in [-0.4, -0.2) is 29.0 Å². The van der Waals surface area contributed by atoms with Crippen LogP contribution in [0.5, 0.6) is 0 Å². The van der Waals surface area contributed by atoms with Crippen molar-refractivity contribution in [3.8, 4) is 0 Å². The van der Waals surface area contributed by atoms with Crippen LogP contribution in [0.15, 0.2) is 11.8 Å². The summed E-state index contributed by atoms with van der Waals surface area (Å²) in [5.74, 6) is 1.25. The number of methoxy groups -OCH3 is 1. The zero-order chi connectivity index (χ0) is 13.6. The maximum Gasteiger partial charge on any atom is 0.111 e. The van der Waals surface area contributed by atoms with E-state index in [1.807, 2.05) is 0 Å². The first-order valence-electron chi connectivity index (χ1n) is 7.57. The molecule has 0 aromatic carbocycles. The van der Waals surface area contributed by atoms with Gasteiger partial charge in [0.25, 0.3) is 0 Å². The highest BCUT2D eigenvalue weighted by Crippen LogP contribution is 2.80. The molecule has 4 rings (SSSR count). The zero-order valence-corrected chi connectivity index (χ0v) is 12.0. The van der Waals surface area contributed by atoms with Gasteiger partial charge in [-0.15, -0.1) is 0 Å². The minimum Gasteiger partial charge on any atom is -0.512 e. The fraction of sp³-hybridized carbons (Fsp3) is 0.875. The molecule has 4 bridgehead atoms. The van der Waals surface area contributed by atoms with E-state index in [2.05, 4.69) is 13.8 Å². The third-order valence-corrected chi connectivity index (χ3v) is 7.65. The van der Waals surface area contributed by atoms with E-state index in [9.17, 15) is 10.2 Å². The minimum absolute atomic E-state index is 0.109. The molecule has 106 valence electrons. The third-order valence-electron chi connectivity index (χ3n) is 7.65. The maximum atomic E-state index is 11.5. The third kappa shape index (κ3) is 0.945. The Morgan fingerprint density at radius 1 is 1.37 bits per heavy atom. The van der Waals surface area contributed by atoms with Crippen molar-refractivity contribution in [1.82, 2.24) is 0 Å². The molecule has 0 saturated heterocycles. The van der Waals surface area contributed by atoms with Gasteiger partial charge in [-0.2, -0.15) is 0 Å². The van der Waals surface area contributed by atoms with Crippen LogP contribution in [0.2, 0.25) is 0 Å². The van der Waals surface area contributed by atoms with Crippen molar-refractivity contribution in [3.05, 3.63) is 11.8 Å². The molecule has 0 aliphatic heterocycles. The highest BCUT2D eigenvalue weighted by Gasteiger charge is 2.82. The zero-order valence-electron chi connectivity index (χ0n) is 12.0. The summed E-state index contributed by atoms with van der Waals surface area (Å²) >= 11 is 0. The number of rotatable bonds is 1. The molecule has 3 nitrogen and oxygen atoms in total. The summed E-state index contributed by atoms with van der Waals surface area (Å²) in [6.45, 7) is 4.60. The Balaban J connectivity index is 1.94. The van der Waals surface area contributed by atoms with Crippen LogP contribution >= 0.6 is 0 Å². The summed E-state index contributed by atoms with van der Waals surface area (Å²) in [7, 11) is 1.64. The van der Waals surface area contributed by atoms with Crippen LogP contribution in [0.25, 0.3) is 0 Å². The number of ether oxygens (including phenoxy) is 1. The van der Waals surface area contributed by atoms with E-state index in [1.165, 1.54) is 19.3 Å². The van der Waals surface area contributed by atoms with Gasteiger partial charge in [-0.1, -0.05) is 20.3 Å². The van der Waals surface area contributed by atoms with Crippen molar-refractivity contribution in [3.63, 3.8) is 0 Å². The standard InChI is InChI=1S/C16H24O3/c1-14-6-4-5-9-7-10(14)13-11(17)8-12(19-3)16(13,18)15(9,14)2/h8-10,12-13,17-18H,4-7H2,1-3H3/t9-,10+,12+,13+,14+,15+,16-/m1/s1. The van der Waals surface area contributed by atoms with Gasteiger partial charge in [0.05, 0.1) is 11.7 Å². The molecule has 19 heavy (non-hydrogen) atoms. The predicted octanol–water partition coefficient (Wildman–Crippen LogP) is 2.65. The number of aliphatic hydroxyl groups is 2. The second-order valence-electron chi connectivity index (χ2n) is 7.60. The molecular formula is C16H24O3. The first kappa shape index (κ1) is 12.2. The molecule has 0 heterocycles. The van der Waals surface area contributed by atoms with Crippen LogP contribution in [-0.2, 0) is 4.74 Å². The predicted molar refractivity (Wildman–Crippen MR) is 71.6 cm³/mol. The summed E-state index contributed by atoms with van der Waals surface area (Å²) in [5.41, 5.74) is -0.891. The van der Waals surface area contributed by atoms with Crippen LogP contribution in [0, 0.1) is 28.6 Å². The number of fused-ring (bicyclic) bond motifs is 2. The molecule has 3 fully saturated rings. The fourth-order valence-electron chi connectivity index (χ4n) is 6.68. The average molecular weight is 264 g/mol. The molecule has 4 aliphatic carbocycles. The largest absolute Gasteiger partial charge is 0.512 e. The van der Waals surface area contributed by atoms with Crippen molar-refractivity contribution in [1.29, 1.82) is 0 Å². The summed E-state index contributed by atoms with van der Waals surface area (Å²) in [5, 5.41) is 21.9. The molecule has 0 aromatic heterocycles. The van der Waals surface area contributed by atoms with Gasteiger partial charge in [-0.05, 0) is 42.6 Å². The van der Waals surface area contributed by atoms with E-state index < -0.39 is 5.60 Å². The van der Waals surface area contributed by atoms with Gasteiger partial charge in [0.2, 0.25) is 0 Å². The van der Waals surface area contributed by atoms with E-state index in [0.29, 0.717) is 17.6 Å². The van der Waals surface area contributed by atoms with Gasteiger partial charge in [-0.3, -0.25) is 0 Å². The van der Waals surface area contributed by atoms with Gasteiger partial charge in [-0.25, -0.2) is 0 Å². The Bertz CT molecular complexity index is 473. The van der Waals surface area contributed by atoms with E-state index >= 15 is 0 Å². The second kappa shape index (κ2) is 3.20. The normalized spacial score (nSPS) is 62.2. The first-order valence-corrected chi connectivity index (χ1v) is 7.57. The molecule has 0 aromatic rings. The van der Waals surface area contributed by atoms with Crippen LogP contribution in [0.1, 0.15) is 39.5 Å². The van der Waals surface area contributed by atoms with E-state index in [0.717, 1.165) is 6.42 Å². The van der Waals surface area contributed by atoms with Crippen molar-refractivity contribution in [2.75, 3.05) is 7.11 Å². The quantitative estimate of drug-likeness (QED) is 0.765. The van der Waals surface area contributed by atoms with Crippen molar-refractivity contribution < 1.29 is 14.9 Å². The van der Waals surface area contributed by atoms with E-state index in [4.69, 9.17) is 4.74 Å². The highest BCUT2D eigenvalue weighted by molar-refractivity contribution is 5.38. The number of hydrogen-bond acceptors (Lipinski definition) is 3. The van der Waals surface area contributed by atoms with Gasteiger partial charge in [0.15, 0.2) is 0 Å². The lowest BCUT2D eigenvalue weighted by Gasteiger charge is -2.54. The summed E-state index contributed by atoms with van der Waals surface area (Å²) < 4.78 is 5.54. The molecule has 0 spiro atoms. The molecule has 4 aliphatic rings. The fourth-order valence-corrected chi connectivity index (χ4v) is 6.68.